The highest BCUT2D eigenvalue weighted by Crippen LogP contribution is 2.38. The van der Waals surface area contributed by atoms with Gasteiger partial charge < -0.3 is 56.1 Å². The molecule has 0 aliphatic heterocycles. The summed E-state index contributed by atoms with van der Waals surface area (Å²) in [7, 11) is 0. The molecule has 5 amide bonds. The molecule has 21 heteroatoms. The molecule has 0 radical (unpaired) electrons. The fourth-order valence-corrected chi connectivity index (χ4v) is 9.13. The van der Waals surface area contributed by atoms with E-state index in [9.17, 15) is 43.8 Å². The lowest BCUT2D eigenvalue weighted by Gasteiger charge is -2.32. The van der Waals surface area contributed by atoms with Gasteiger partial charge in [-0.1, -0.05) is 85.5 Å². The SMILES string of the molecule is CCC(CC(C)(C)CCCC(CC(C)(C)CCCC(CC(C)(C)C)C(=O)NCCOCCOCCOCCN=[N+]=[N-])C(=O)NCc1ccc(O)cc1)C(=O)NCCCC[C@H](NC(=O)N[C@@H](CCC(=O)O)C(C)=O)C(=O)O. The number of amides is 5. The molecule has 3 unspecified atom stereocenters. The summed E-state index contributed by atoms with van der Waals surface area (Å²) in [5.74, 6) is -3.57. The number of aromatic hydroxyl groups is 1. The number of nitrogens with zero attached hydrogens (tertiary/aromatic N) is 3. The molecule has 0 saturated heterocycles. The van der Waals surface area contributed by atoms with Gasteiger partial charge in [0.1, 0.15) is 11.8 Å². The molecule has 0 heterocycles. The van der Waals surface area contributed by atoms with Crippen LogP contribution in [0.3, 0.4) is 0 Å². The average molecular weight is 1080 g/mol. The van der Waals surface area contributed by atoms with E-state index in [2.05, 4.69) is 85.1 Å². The van der Waals surface area contributed by atoms with Crippen molar-refractivity contribution in [1.29, 1.82) is 0 Å². The minimum absolute atomic E-state index is 0.00241. The van der Waals surface area contributed by atoms with Crippen molar-refractivity contribution in [3.63, 3.8) is 0 Å². The van der Waals surface area contributed by atoms with Crippen molar-refractivity contribution >= 4 is 41.5 Å². The quantitative estimate of drug-likeness (QED) is 0.0132. The number of rotatable bonds is 43. The zero-order valence-electron chi connectivity index (χ0n) is 47.1. The first-order valence-corrected chi connectivity index (χ1v) is 27.1. The third kappa shape index (κ3) is 33.5. The van der Waals surface area contributed by atoms with Gasteiger partial charge in [-0.05, 0) is 123 Å². The van der Waals surface area contributed by atoms with Crippen molar-refractivity contribution in [2.75, 3.05) is 59.3 Å². The Morgan fingerprint density at radius 3 is 1.68 bits per heavy atom. The normalized spacial score (nSPS) is 13.8. The summed E-state index contributed by atoms with van der Waals surface area (Å²) in [5, 5.41) is 45.7. The van der Waals surface area contributed by atoms with Crippen molar-refractivity contribution in [1.82, 2.24) is 26.6 Å². The number of unbranched alkanes of at least 4 members (excludes halogenated alkanes) is 1. The number of hydrogen-bond donors (Lipinski definition) is 8. The van der Waals surface area contributed by atoms with Crippen LogP contribution in [0, 0.1) is 34.0 Å². The number of hydrogen-bond acceptors (Lipinski definition) is 12. The molecule has 0 aliphatic carbocycles. The van der Waals surface area contributed by atoms with E-state index in [4.69, 9.17) is 24.8 Å². The number of aliphatic carboxylic acids is 2. The van der Waals surface area contributed by atoms with E-state index in [1.54, 1.807) is 24.3 Å². The number of carboxylic acid groups (broad SMARTS) is 2. The van der Waals surface area contributed by atoms with E-state index in [0.29, 0.717) is 104 Å². The van der Waals surface area contributed by atoms with Crippen molar-refractivity contribution in [3.8, 4) is 5.75 Å². The van der Waals surface area contributed by atoms with Crippen LogP contribution in [0.5, 0.6) is 5.75 Å². The molecule has 0 aliphatic rings. The Labute approximate surface area is 451 Å². The number of urea groups is 1. The van der Waals surface area contributed by atoms with Gasteiger partial charge in [0, 0.05) is 55.3 Å². The molecule has 0 bridgehead atoms. The van der Waals surface area contributed by atoms with Crippen molar-refractivity contribution in [2.24, 2.45) is 39.1 Å². The number of benzene rings is 1. The number of carbonyl (C=O) groups is 7. The standard InChI is InChI=1S/C55H94N8O13/c1-10-41(48(68)57-26-12-11-17-46(51(71)72)62-52(73)61-45(39(2)64)22-23-47(66)67)36-54(6,7)24-14-16-43(50(70)59-38-40-18-20-44(65)21-19-40)37-55(8,9)25-13-15-42(35-53(3,4)5)49(69)58-27-29-74-31-33-76-34-32-75-30-28-60-63-56/h18-21,41-43,45-46,65H,10-17,22-38H2,1-9H3,(H,57,68)(H,58,69)(H,59,70)(H,66,67)(H,71,72)(H2,61,62,73)/t41?,42?,43?,45-,46-/m0/s1. The molecule has 1 rings (SSSR count). The van der Waals surface area contributed by atoms with Crippen LogP contribution in [0.4, 0.5) is 4.79 Å². The van der Waals surface area contributed by atoms with Gasteiger partial charge in [0.05, 0.1) is 45.7 Å². The van der Waals surface area contributed by atoms with Gasteiger partial charge in [0.25, 0.3) is 0 Å². The Balaban J connectivity index is 2.82. The summed E-state index contributed by atoms with van der Waals surface area (Å²) >= 11 is 0. The minimum Gasteiger partial charge on any atom is -0.508 e. The summed E-state index contributed by atoms with van der Waals surface area (Å²) in [6.07, 6.45) is 7.56. The number of carbonyl (C=O) groups excluding carboxylic acids is 5. The van der Waals surface area contributed by atoms with Crippen LogP contribution in [-0.2, 0) is 49.5 Å². The van der Waals surface area contributed by atoms with Crippen LogP contribution in [-0.4, -0.2) is 128 Å². The van der Waals surface area contributed by atoms with E-state index in [1.165, 1.54) is 6.92 Å². The summed E-state index contributed by atoms with van der Waals surface area (Å²) in [6, 6.07) is 3.54. The topological polar surface area (TPSA) is 317 Å². The Hall–Kier alpha value is -5.50. The van der Waals surface area contributed by atoms with Crippen molar-refractivity contribution < 1.29 is 63.1 Å². The number of ketones is 1. The summed E-state index contributed by atoms with van der Waals surface area (Å²) in [5.41, 5.74) is 8.65. The van der Waals surface area contributed by atoms with E-state index >= 15 is 0 Å². The second-order valence-electron chi connectivity index (χ2n) is 22.6. The van der Waals surface area contributed by atoms with E-state index in [-0.39, 0.29) is 83.3 Å². The fourth-order valence-electron chi connectivity index (χ4n) is 9.13. The molecule has 0 aromatic heterocycles. The van der Waals surface area contributed by atoms with Gasteiger partial charge in [0.2, 0.25) is 17.7 Å². The number of nitrogens with one attached hydrogen (secondary N) is 5. The predicted molar refractivity (Wildman–Crippen MR) is 290 cm³/mol. The Morgan fingerprint density at radius 2 is 1.14 bits per heavy atom. The molecule has 76 heavy (non-hydrogen) atoms. The zero-order chi connectivity index (χ0) is 57.2. The van der Waals surface area contributed by atoms with Crippen LogP contribution in [0.15, 0.2) is 29.4 Å². The third-order valence-corrected chi connectivity index (χ3v) is 13.2. The van der Waals surface area contributed by atoms with Gasteiger partial charge in [-0.2, -0.15) is 0 Å². The predicted octanol–water partition coefficient (Wildman–Crippen LogP) is 8.21. The highest BCUT2D eigenvalue weighted by Gasteiger charge is 2.32. The molecule has 0 saturated carbocycles. The van der Waals surface area contributed by atoms with Gasteiger partial charge in [-0.3, -0.25) is 24.0 Å². The van der Waals surface area contributed by atoms with E-state index in [0.717, 1.165) is 37.7 Å². The number of carboxylic acids is 2. The minimum atomic E-state index is -1.26. The first-order chi connectivity index (χ1) is 35.8. The molecule has 432 valence electrons. The van der Waals surface area contributed by atoms with Gasteiger partial charge in [-0.15, -0.1) is 0 Å². The first kappa shape index (κ1) is 68.5. The lowest BCUT2D eigenvalue weighted by Crippen LogP contribution is -2.50. The second kappa shape index (κ2) is 37.3. The Kier molecular flexibility index (Phi) is 33.6. The number of phenolic OH excluding ortho intramolecular Hbond substituents is 1. The highest BCUT2D eigenvalue weighted by molar-refractivity contribution is 5.89. The number of phenols is 1. The summed E-state index contributed by atoms with van der Waals surface area (Å²) in [4.78, 5) is 90.8. The van der Waals surface area contributed by atoms with Crippen LogP contribution in [0.2, 0.25) is 0 Å². The third-order valence-electron chi connectivity index (χ3n) is 13.2. The molecule has 0 fully saturated rings. The smallest absolute Gasteiger partial charge is 0.326 e. The number of ether oxygens (including phenoxy) is 3. The monoisotopic (exact) mass is 1070 g/mol. The van der Waals surface area contributed by atoms with Crippen LogP contribution in [0.1, 0.15) is 164 Å². The van der Waals surface area contributed by atoms with Gasteiger partial charge in [-0.25, -0.2) is 9.59 Å². The van der Waals surface area contributed by atoms with Crippen molar-refractivity contribution in [3.05, 3.63) is 40.3 Å². The van der Waals surface area contributed by atoms with E-state index in [1.807, 2.05) is 6.92 Å². The molecule has 1 aromatic carbocycles. The second-order valence-corrected chi connectivity index (χ2v) is 22.6. The van der Waals surface area contributed by atoms with Gasteiger partial charge >= 0.3 is 18.0 Å². The molecule has 21 nitrogen and oxygen atoms in total. The van der Waals surface area contributed by atoms with Crippen LogP contribution >= 0.6 is 0 Å². The molecule has 5 atom stereocenters. The molecule has 8 N–H and O–H groups in total. The maximum Gasteiger partial charge on any atom is 0.326 e. The Bertz CT molecular complexity index is 1950. The maximum absolute atomic E-state index is 14.0. The molecular formula is C55H94N8O13. The number of Topliss-reactive ketones (excluding diaryl/α,β-unsaturated/α-hetero) is 1. The van der Waals surface area contributed by atoms with Crippen LogP contribution < -0.4 is 26.6 Å². The van der Waals surface area contributed by atoms with Crippen molar-refractivity contribution in [2.45, 2.75) is 177 Å². The lowest BCUT2D eigenvalue weighted by molar-refractivity contribution is -0.139. The summed E-state index contributed by atoms with van der Waals surface area (Å²) in [6.45, 7) is 21.8. The maximum atomic E-state index is 14.0. The molecular weight excluding hydrogens is 981 g/mol. The lowest BCUT2D eigenvalue weighted by atomic mass is 9.74. The largest absolute Gasteiger partial charge is 0.508 e. The van der Waals surface area contributed by atoms with Gasteiger partial charge in [0.15, 0.2) is 5.78 Å². The average Bonchev–Trinajstić information content (AvgIpc) is 3.33. The highest BCUT2D eigenvalue weighted by atomic mass is 16.5. The summed E-state index contributed by atoms with van der Waals surface area (Å²) < 4.78 is 16.5. The molecule has 0 spiro atoms. The first-order valence-electron chi connectivity index (χ1n) is 27.1. The van der Waals surface area contributed by atoms with Crippen LogP contribution in [0.25, 0.3) is 10.4 Å². The fraction of sp³-hybridized carbons (Fsp3) is 0.764. The zero-order valence-corrected chi connectivity index (χ0v) is 47.1. The van der Waals surface area contributed by atoms with E-state index < -0.39 is 35.8 Å². The number of azide groups is 1. The Morgan fingerprint density at radius 1 is 0.632 bits per heavy atom. The molecule has 1 aromatic rings.